The number of nitrogens with two attached hydrogens (primary N) is 1. The molecule has 19 heavy (non-hydrogen) atoms. The molecule has 0 bridgehead atoms. The van der Waals surface area contributed by atoms with E-state index < -0.39 is 0 Å². The van der Waals surface area contributed by atoms with Crippen LogP contribution in [0, 0.1) is 13.8 Å². The van der Waals surface area contributed by atoms with Crippen molar-refractivity contribution in [2.24, 2.45) is 0 Å². The Balaban J connectivity index is 2.26. The Kier molecular flexibility index (Phi) is 3.50. The van der Waals surface area contributed by atoms with Gasteiger partial charge in [0.2, 0.25) is 0 Å². The predicted octanol–water partition coefficient (Wildman–Crippen LogP) is 0.304. The molecule has 6 nitrogen and oxygen atoms in total. The zero-order valence-corrected chi connectivity index (χ0v) is 11.0. The van der Waals surface area contributed by atoms with Crippen LogP contribution in [0.1, 0.15) is 11.5 Å². The lowest BCUT2D eigenvalue weighted by molar-refractivity contribution is 0.534. The molecule has 6 heteroatoms. The van der Waals surface area contributed by atoms with Crippen molar-refractivity contribution in [3.8, 4) is 0 Å². The number of rotatable bonds is 3. The van der Waals surface area contributed by atoms with Crippen LogP contribution in [0.15, 0.2) is 34.0 Å². The van der Waals surface area contributed by atoms with Gasteiger partial charge in [-0.25, -0.2) is 4.98 Å². The third-order valence-electron chi connectivity index (χ3n) is 2.90. The van der Waals surface area contributed by atoms with E-state index in [0.717, 1.165) is 0 Å². The number of nitrogens with zero attached hydrogens (tertiary/aromatic N) is 3. The summed E-state index contributed by atoms with van der Waals surface area (Å²) in [4.78, 5) is 27.7. The van der Waals surface area contributed by atoms with Crippen molar-refractivity contribution in [1.29, 1.82) is 0 Å². The van der Waals surface area contributed by atoms with E-state index in [0.29, 0.717) is 30.3 Å². The van der Waals surface area contributed by atoms with Crippen molar-refractivity contribution in [3.63, 3.8) is 0 Å². The van der Waals surface area contributed by atoms with Crippen molar-refractivity contribution < 1.29 is 0 Å². The highest BCUT2D eigenvalue weighted by molar-refractivity contribution is 5.33. The molecule has 2 N–H and O–H groups in total. The summed E-state index contributed by atoms with van der Waals surface area (Å²) < 4.78 is 3.03. The molecule has 2 aromatic heterocycles. The fourth-order valence-corrected chi connectivity index (χ4v) is 1.97. The Morgan fingerprint density at radius 2 is 1.89 bits per heavy atom. The van der Waals surface area contributed by atoms with Crippen LogP contribution in [0.5, 0.6) is 0 Å². The Hall–Kier alpha value is -2.37. The molecule has 0 saturated carbocycles. The molecular formula is C13H16N4O2. The van der Waals surface area contributed by atoms with Crippen LogP contribution < -0.4 is 16.9 Å². The van der Waals surface area contributed by atoms with Crippen LogP contribution in [0.2, 0.25) is 0 Å². The van der Waals surface area contributed by atoms with E-state index in [1.165, 1.54) is 16.7 Å². The lowest BCUT2D eigenvalue weighted by atomic mass is 10.4. The maximum atomic E-state index is 11.8. The highest BCUT2D eigenvalue weighted by atomic mass is 16.1. The standard InChI is InChI=1S/C13H16N4O2/c1-9-7-13(19)17(10(2)15-9)6-5-16-8-11(14)3-4-12(16)18/h3-4,7-8H,5-6,14H2,1-2H3. The Morgan fingerprint density at radius 3 is 2.58 bits per heavy atom. The van der Waals surface area contributed by atoms with Gasteiger partial charge in [0.25, 0.3) is 11.1 Å². The van der Waals surface area contributed by atoms with E-state index >= 15 is 0 Å². The van der Waals surface area contributed by atoms with Crippen molar-refractivity contribution in [1.82, 2.24) is 14.1 Å². The normalized spacial score (nSPS) is 10.6. The van der Waals surface area contributed by atoms with Gasteiger partial charge < -0.3 is 10.3 Å². The molecule has 0 amide bonds. The Morgan fingerprint density at radius 1 is 1.16 bits per heavy atom. The monoisotopic (exact) mass is 260 g/mol. The van der Waals surface area contributed by atoms with Gasteiger partial charge in [-0.2, -0.15) is 0 Å². The topological polar surface area (TPSA) is 82.9 Å². The first kappa shape index (κ1) is 13.1. The first-order chi connectivity index (χ1) is 8.97. The molecule has 0 aliphatic carbocycles. The number of aryl methyl sites for hydroxylation is 3. The first-order valence-electron chi connectivity index (χ1n) is 5.98. The van der Waals surface area contributed by atoms with Gasteiger partial charge in [-0.3, -0.25) is 14.2 Å². The maximum absolute atomic E-state index is 11.8. The van der Waals surface area contributed by atoms with Gasteiger partial charge in [-0.05, 0) is 19.9 Å². The van der Waals surface area contributed by atoms with Crippen LogP contribution >= 0.6 is 0 Å². The summed E-state index contributed by atoms with van der Waals surface area (Å²) in [6, 6.07) is 4.46. The summed E-state index contributed by atoms with van der Waals surface area (Å²) in [5.41, 5.74) is 6.60. The molecule has 0 aromatic carbocycles. The minimum absolute atomic E-state index is 0.109. The summed E-state index contributed by atoms with van der Waals surface area (Å²) in [5, 5.41) is 0. The molecular weight excluding hydrogens is 244 g/mol. The average molecular weight is 260 g/mol. The summed E-state index contributed by atoms with van der Waals surface area (Å²) >= 11 is 0. The van der Waals surface area contributed by atoms with Gasteiger partial charge in [-0.15, -0.1) is 0 Å². The fourth-order valence-electron chi connectivity index (χ4n) is 1.97. The van der Waals surface area contributed by atoms with E-state index in [2.05, 4.69) is 4.98 Å². The lowest BCUT2D eigenvalue weighted by Gasteiger charge is -2.11. The molecule has 0 aliphatic rings. The van der Waals surface area contributed by atoms with Crippen LogP contribution in [-0.2, 0) is 13.1 Å². The highest BCUT2D eigenvalue weighted by Gasteiger charge is 2.04. The van der Waals surface area contributed by atoms with Gasteiger partial charge in [-0.1, -0.05) is 0 Å². The zero-order valence-electron chi connectivity index (χ0n) is 11.0. The fraction of sp³-hybridized carbons (Fsp3) is 0.308. The second-order valence-electron chi connectivity index (χ2n) is 4.43. The third kappa shape index (κ3) is 2.90. The third-order valence-corrected chi connectivity index (χ3v) is 2.90. The molecule has 2 heterocycles. The highest BCUT2D eigenvalue weighted by Crippen LogP contribution is 1.98. The van der Waals surface area contributed by atoms with Crippen molar-refractivity contribution in [2.45, 2.75) is 26.9 Å². The number of nitrogen functional groups attached to an aromatic ring is 1. The van der Waals surface area contributed by atoms with Crippen LogP contribution in [0.25, 0.3) is 0 Å². The van der Waals surface area contributed by atoms with E-state index in [1.807, 2.05) is 0 Å². The molecule has 2 rings (SSSR count). The molecule has 0 unspecified atom stereocenters. The summed E-state index contributed by atoms with van der Waals surface area (Å²) in [7, 11) is 0. The molecule has 0 radical (unpaired) electrons. The molecule has 0 fully saturated rings. The summed E-state index contributed by atoms with van der Waals surface area (Å²) in [6.45, 7) is 4.33. The smallest absolute Gasteiger partial charge is 0.253 e. The molecule has 0 aliphatic heterocycles. The van der Waals surface area contributed by atoms with Gasteiger partial charge >= 0.3 is 0 Å². The van der Waals surface area contributed by atoms with Crippen LogP contribution in [-0.4, -0.2) is 14.1 Å². The lowest BCUT2D eigenvalue weighted by Crippen LogP contribution is -2.28. The van der Waals surface area contributed by atoms with Crippen molar-refractivity contribution in [3.05, 3.63) is 56.6 Å². The molecule has 100 valence electrons. The summed E-state index contributed by atoms with van der Waals surface area (Å²) in [5.74, 6) is 0.641. The van der Waals surface area contributed by atoms with Gasteiger partial charge in [0.05, 0.1) is 0 Å². The molecule has 0 spiro atoms. The van der Waals surface area contributed by atoms with Crippen LogP contribution in [0.3, 0.4) is 0 Å². The maximum Gasteiger partial charge on any atom is 0.253 e. The average Bonchev–Trinajstić information content (AvgIpc) is 2.32. The quantitative estimate of drug-likeness (QED) is 0.860. The van der Waals surface area contributed by atoms with Gasteiger partial charge in [0.15, 0.2) is 0 Å². The van der Waals surface area contributed by atoms with E-state index in [9.17, 15) is 9.59 Å². The van der Waals surface area contributed by atoms with Crippen molar-refractivity contribution >= 4 is 5.69 Å². The number of anilines is 1. The second-order valence-corrected chi connectivity index (χ2v) is 4.43. The first-order valence-corrected chi connectivity index (χ1v) is 5.98. The minimum atomic E-state index is -0.139. The molecule has 2 aromatic rings. The number of hydrogen-bond donors (Lipinski definition) is 1. The number of aromatic nitrogens is 3. The minimum Gasteiger partial charge on any atom is -0.398 e. The predicted molar refractivity (Wildman–Crippen MR) is 73.1 cm³/mol. The molecule has 0 saturated heterocycles. The Bertz CT molecular complexity index is 715. The molecule has 0 atom stereocenters. The van der Waals surface area contributed by atoms with Gasteiger partial charge in [0.1, 0.15) is 5.82 Å². The van der Waals surface area contributed by atoms with E-state index in [-0.39, 0.29) is 11.1 Å². The summed E-state index contributed by atoms with van der Waals surface area (Å²) in [6.07, 6.45) is 1.57. The van der Waals surface area contributed by atoms with E-state index in [1.54, 1.807) is 30.7 Å². The second kappa shape index (κ2) is 5.09. The van der Waals surface area contributed by atoms with Crippen LogP contribution in [0.4, 0.5) is 5.69 Å². The number of pyridine rings is 1. The SMILES string of the molecule is Cc1cc(=O)n(CCn2cc(N)ccc2=O)c(C)n1. The largest absolute Gasteiger partial charge is 0.398 e. The zero-order chi connectivity index (χ0) is 14.0. The van der Waals surface area contributed by atoms with E-state index in [4.69, 9.17) is 5.73 Å². The van der Waals surface area contributed by atoms with Crippen molar-refractivity contribution in [2.75, 3.05) is 5.73 Å². The van der Waals surface area contributed by atoms with Gasteiger partial charge in [0, 0.05) is 42.8 Å². The number of hydrogen-bond acceptors (Lipinski definition) is 4. The Labute approximate surface area is 110 Å².